The van der Waals surface area contributed by atoms with Crippen LogP contribution in [0.25, 0.3) is 38.9 Å². The predicted octanol–water partition coefficient (Wildman–Crippen LogP) is 4.97. The van der Waals surface area contributed by atoms with Crippen molar-refractivity contribution in [1.29, 1.82) is 5.26 Å². The van der Waals surface area contributed by atoms with Gasteiger partial charge >= 0.3 is 0 Å². The molecule has 2 aliphatic rings. The number of imidazole rings is 1. The van der Waals surface area contributed by atoms with Crippen LogP contribution in [0, 0.1) is 23.0 Å². The van der Waals surface area contributed by atoms with Crippen molar-refractivity contribution in [3.8, 4) is 28.5 Å². The first-order valence-corrected chi connectivity index (χ1v) is 12.3. The van der Waals surface area contributed by atoms with E-state index in [9.17, 15) is 9.65 Å². The van der Waals surface area contributed by atoms with Crippen LogP contribution < -0.4 is 10.6 Å². The Morgan fingerprint density at radius 2 is 1.87 bits per heavy atom. The summed E-state index contributed by atoms with van der Waals surface area (Å²) in [6.07, 6.45) is 8.81. The van der Waals surface area contributed by atoms with Crippen molar-refractivity contribution in [3.63, 3.8) is 0 Å². The Kier molecular flexibility index (Phi) is 5.78. The number of hydrogen-bond donors (Lipinski definition) is 2. The molecule has 5 aromatic rings. The second-order valence-corrected chi connectivity index (χ2v) is 9.88. The summed E-state index contributed by atoms with van der Waals surface area (Å²) in [6, 6.07) is 9.91. The third kappa shape index (κ3) is 3.61. The lowest BCUT2D eigenvalue weighted by Crippen LogP contribution is -2.48. The molecule has 0 spiro atoms. The largest absolute Gasteiger partial charge is 0.336 e. The molecule has 7 rings (SSSR count). The van der Waals surface area contributed by atoms with E-state index in [2.05, 4.69) is 20.1 Å². The molecule has 0 radical (unpaired) electrons. The number of nitrogens with one attached hydrogen (secondary N) is 1. The van der Waals surface area contributed by atoms with Gasteiger partial charge in [0, 0.05) is 47.0 Å². The van der Waals surface area contributed by atoms with Gasteiger partial charge in [0.1, 0.15) is 23.4 Å². The van der Waals surface area contributed by atoms with Gasteiger partial charge < -0.3 is 10.6 Å². The minimum atomic E-state index is -0.661. The fourth-order valence-electron chi connectivity index (χ4n) is 6.06. The van der Waals surface area contributed by atoms with Crippen LogP contribution in [-0.4, -0.2) is 42.7 Å². The minimum Gasteiger partial charge on any atom is -0.336 e. The Morgan fingerprint density at radius 3 is 2.61 bits per heavy atom. The number of anilines is 1. The van der Waals surface area contributed by atoms with E-state index in [0.717, 1.165) is 25.7 Å². The summed E-state index contributed by atoms with van der Waals surface area (Å²) in [5.41, 5.74) is 8.96. The molecule has 2 bridgehead atoms. The van der Waals surface area contributed by atoms with Gasteiger partial charge in [-0.05, 0) is 49.9 Å². The molecule has 2 aromatic carbocycles. The molecular weight excluding hydrogens is 510 g/mol. The van der Waals surface area contributed by atoms with Gasteiger partial charge in [-0.1, -0.05) is 6.07 Å². The van der Waals surface area contributed by atoms with E-state index in [1.165, 1.54) is 18.2 Å². The molecule has 3 aromatic heterocycles. The van der Waals surface area contributed by atoms with Crippen LogP contribution in [0.5, 0.6) is 0 Å². The van der Waals surface area contributed by atoms with Crippen LogP contribution in [0.4, 0.5) is 14.7 Å². The molecule has 3 N–H and O–H groups in total. The SMILES string of the molecule is Cl.N#Cc1ccc(-c2nc(N3C4CCC3CC(N)C4)n3ccnc3c2-c2cc3[nH]ncc3cc2F)cc1F. The lowest BCUT2D eigenvalue weighted by atomic mass is 9.97. The zero-order valence-electron chi connectivity index (χ0n) is 20.1. The Hall–Kier alpha value is -4.07. The summed E-state index contributed by atoms with van der Waals surface area (Å²) < 4.78 is 32.3. The summed E-state index contributed by atoms with van der Waals surface area (Å²) in [7, 11) is 0. The molecule has 0 saturated carbocycles. The van der Waals surface area contributed by atoms with Crippen molar-refractivity contribution in [2.24, 2.45) is 5.73 Å². The van der Waals surface area contributed by atoms with Gasteiger partial charge in [0.2, 0.25) is 5.95 Å². The molecule has 0 aliphatic carbocycles. The molecule has 2 aliphatic heterocycles. The van der Waals surface area contributed by atoms with Gasteiger partial charge in [-0.2, -0.15) is 10.4 Å². The summed E-state index contributed by atoms with van der Waals surface area (Å²) in [5, 5.41) is 16.8. The number of aromatic nitrogens is 5. The van der Waals surface area contributed by atoms with Crippen LogP contribution in [0.3, 0.4) is 0 Å². The van der Waals surface area contributed by atoms with Gasteiger partial charge in [-0.25, -0.2) is 18.7 Å². The van der Waals surface area contributed by atoms with Gasteiger partial charge in [-0.15, -0.1) is 12.4 Å². The lowest BCUT2D eigenvalue weighted by molar-refractivity contribution is 0.408. The Labute approximate surface area is 222 Å². The molecule has 11 heteroatoms. The van der Waals surface area contributed by atoms with E-state index in [1.54, 1.807) is 24.5 Å². The first-order chi connectivity index (χ1) is 18.0. The highest BCUT2D eigenvalue weighted by molar-refractivity contribution is 5.95. The van der Waals surface area contributed by atoms with Gasteiger partial charge in [0.25, 0.3) is 0 Å². The molecule has 38 heavy (non-hydrogen) atoms. The third-order valence-electron chi connectivity index (χ3n) is 7.69. The van der Waals surface area contributed by atoms with Crippen LogP contribution in [0.2, 0.25) is 0 Å². The zero-order valence-corrected chi connectivity index (χ0v) is 20.9. The topological polar surface area (TPSA) is 112 Å². The van der Waals surface area contributed by atoms with Crippen LogP contribution >= 0.6 is 12.4 Å². The van der Waals surface area contributed by atoms with E-state index < -0.39 is 11.6 Å². The first kappa shape index (κ1) is 24.3. The number of rotatable bonds is 3. The predicted molar refractivity (Wildman–Crippen MR) is 142 cm³/mol. The van der Waals surface area contributed by atoms with Gasteiger partial charge in [-0.3, -0.25) is 9.50 Å². The van der Waals surface area contributed by atoms with E-state index >= 15 is 4.39 Å². The summed E-state index contributed by atoms with van der Waals surface area (Å²) in [4.78, 5) is 12.0. The molecule has 2 saturated heterocycles. The normalized spacial score (nSPS) is 20.6. The number of hydrogen-bond acceptors (Lipinski definition) is 6. The maximum Gasteiger partial charge on any atom is 0.212 e. The molecule has 8 nitrogen and oxygen atoms in total. The monoisotopic (exact) mass is 532 g/mol. The standard InChI is InChI=1S/C27H22F2N8.ClH/c28-21-7-14(1-2-15(21)12-30)25-24(20-11-23-16(8-22(20)29)13-33-35-23)26-32-5-6-36(26)27(34-25)37-18-3-4-19(37)10-17(31)9-18;/h1-2,5-8,11,13,17-19H,3-4,9-10,31H2,(H,33,35);1H. The quantitative estimate of drug-likeness (QED) is 0.339. The third-order valence-corrected chi connectivity index (χ3v) is 7.69. The second kappa shape index (κ2) is 9.04. The van der Waals surface area contributed by atoms with Crippen LogP contribution in [0.15, 0.2) is 48.9 Å². The number of benzene rings is 2. The molecule has 2 unspecified atom stereocenters. The number of nitriles is 1. The maximum atomic E-state index is 15.6. The Balaban J connectivity index is 0.00000264. The lowest BCUT2D eigenvalue weighted by Gasteiger charge is -2.39. The molecule has 2 atom stereocenters. The minimum absolute atomic E-state index is 0. The van der Waals surface area contributed by atoms with E-state index in [4.69, 9.17) is 10.7 Å². The molecule has 2 fully saturated rings. The number of nitrogens with zero attached hydrogens (tertiary/aromatic N) is 6. The van der Waals surface area contributed by atoms with Gasteiger partial charge in [0.05, 0.1) is 28.5 Å². The Morgan fingerprint density at radius 1 is 1.08 bits per heavy atom. The highest BCUT2D eigenvalue weighted by Crippen LogP contribution is 2.43. The van der Waals surface area contributed by atoms with E-state index in [-0.39, 0.29) is 41.7 Å². The van der Waals surface area contributed by atoms with E-state index in [1.807, 2.05) is 16.7 Å². The average Bonchev–Trinajstić information content (AvgIpc) is 3.61. The van der Waals surface area contributed by atoms with Crippen molar-refractivity contribution in [3.05, 3.63) is 66.1 Å². The van der Waals surface area contributed by atoms with Crippen molar-refractivity contribution >= 4 is 34.9 Å². The van der Waals surface area contributed by atoms with Crippen molar-refractivity contribution in [2.75, 3.05) is 4.90 Å². The summed E-state index contributed by atoms with van der Waals surface area (Å²) in [5.74, 6) is -0.447. The highest BCUT2D eigenvalue weighted by Gasteiger charge is 2.42. The first-order valence-electron chi connectivity index (χ1n) is 12.3. The number of fused-ring (bicyclic) bond motifs is 4. The number of H-pyrrole nitrogens is 1. The molecule has 5 heterocycles. The fraction of sp³-hybridized carbons (Fsp3) is 0.259. The van der Waals surface area contributed by atoms with Crippen LogP contribution in [0.1, 0.15) is 31.2 Å². The fourth-order valence-corrected chi connectivity index (χ4v) is 6.06. The van der Waals surface area contributed by atoms with Crippen molar-refractivity contribution in [2.45, 2.75) is 43.8 Å². The van der Waals surface area contributed by atoms with Crippen molar-refractivity contribution in [1.82, 2.24) is 24.6 Å². The number of nitrogens with two attached hydrogens (primary N) is 1. The number of aromatic amines is 1. The summed E-state index contributed by atoms with van der Waals surface area (Å²) >= 11 is 0. The van der Waals surface area contributed by atoms with Gasteiger partial charge in [0.15, 0.2) is 0 Å². The van der Waals surface area contributed by atoms with Crippen LogP contribution in [-0.2, 0) is 0 Å². The smallest absolute Gasteiger partial charge is 0.212 e. The Bertz CT molecular complexity index is 1720. The summed E-state index contributed by atoms with van der Waals surface area (Å²) in [6.45, 7) is 0. The second-order valence-electron chi connectivity index (χ2n) is 9.88. The number of piperidine rings is 1. The average molecular weight is 533 g/mol. The molecule has 192 valence electrons. The van der Waals surface area contributed by atoms with E-state index in [0.29, 0.717) is 39.3 Å². The zero-order chi connectivity index (χ0) is 25.3. The number of halogens is 3. The molecule has 0 amide bonds. The van der Waals surface area contributed by atoms with Crippen molar-refractivity contribution < 1.29 is 8.78 Å². The maximum absolute atomic E-state index is 15.6. The highest BCUT2D eigenvalue weighted by atomic mass is 35.5. The molecular formula is C27H23ClF2N8.